The second-order valence-electron chi connectivity index (χ2n) is 5.59. The Hall–Kier alpha value is -1.06. The van der Waals surface area contributed by atoms with Crippen molar-refractivity contribution >= 4 is 11.9 Å². The van der Waals surface area contributed by atoms with Crippen LogP contribution in [0.4, 0.5) is 0 Å². The van der Waals surface area contributed by atoms with Crippen LogP contribution in [0.1, 0.15) is 40.0 Å². The fourth-order valence-corrected chi connectivity index (χ4v) is 2.24. The normalized spacial score (nSPS) is 18.6. The molecule has 0 aromatic rings. The van der Waals surface area contributed by atoms with Crippen LogP contribution < -0.4 is 0 Å². The van der Waals surface area contributed by atoms with E-state index in [0.29, 0.717) is 19.0 Å². The maximum Gasteiger partial charge on any atom is 0.312 e. The van der Waals surface area contributed by atoms with Crippen molar-refractivity contribution in [1.82, 2.24) is 4.90 Å². The van der Waals surface area contributed by atoms with Crippen molar-refractivity contribution < 1.29 is 14.7 Å². The van der Waals surface area contributed by atoms with E-state index in [-0.39, 0.29) is 17.7 Å². The van der Waals surface area contributed by atoms with Gasteiger partial charge in [0.1, 0.15) is 6.42 Å². The number of carbonyl (C=O) groups excluding carboxylic acids is 1. The zero-order valence-corrected chi connectivity index (χ0v) is 10.3. The van der Waals surface area contributed by atoms with Gasteiger partial charge in [0.2, 0.25) is 5.91 Å². The van der Waals surface area contributed by atoms with Crippen LogP contribution in [0.5, 0.6) is 0 Å². The number of amides is 1. The first kappa shape index (κ1) is 13.0. The van der Waals surface area contributed by atoms with Crippen molar-refractivity contribution in [2.75, 3.05) is 13.1 Å². The van der Waals surface area contributed by atoms with Gasteiger partial charge < -0.3 is 10.0 Å². The predicted molar refractivity (Wildman–Crippen MR) is 61.0 cm³/mol. The summed E-state index contributed by atoms with van der Waals surface area (Å²) >= 11 is 0. The maximum absolute atomic E-state index is 11.5. The largest absolute Gasteiger partial charge is 0.481 e. The summed E-state index contributed by atoms with van der Waals surface area (Å²) in [6.45, 7) is 8.05. The monoisotopic (exact) mass is 227 g/mol. The van der Waals surface area contributed by atoms with Gasteiger partial charge in [-0.05, 0) is 24.2 Å². The number of rotatable bonds is 2. The van der Waals surface area contributed by atoms with Crippen molar-refractivity contribution in [2.24, 2.45) is 11.3 Å². The molecule has 1 aliphatic heterocycles. The highest BCUT2D eigenvalue weighted by Gasteiger charge is 2.30. The van der Waals surface area contributed by atoms with Crippen molar-refractivity contribution in [3.05, 3.63) is 0 Å². The number of hydrogen-bond donors (Lipinski definition) is 1. The summed E-state index contributed by atoms with van der Waals surface area (Å²) in [7, 11) is 0. The number of aliphatic carboxylic acids is 1. The molecule has 1 fully saturated rings. The fourth-order valence-electron chi connectivity index (χ4n) is 2.24. The zero-order valence-electron chi connectivity index (χ0n) is 10.3. The lowest BCUT2D eigenvalue weighted by molar-refractivity contribution is -0.145. The SMILES string of the molecule is CC(C)(C)C1CCN(C(=O)CC(=O)O)CC1. The first-order chi connectivity index (χ1) is 7.30. The lowest BCUT2D eigenvalue weighted by Gasteiger charge is -2.38. The summed E-state index contributed by atoms with van der Waals surface area (Å²) in [6.07, 6.45) is 1.59. The number of hydrogen-bond acceptors (Lipinski definition) is 2. The lowest BCUT2D eigenvalue weighted by atomic mass is 9.75. The van der Waals surface area contributed by atoms with Crippen LogP contribution in [0.2, 0.25) is 0 Å². The predicted octanol–water partition coefficient (Wildman–Crippen LogP) is 1.75. The van der Waals surface area contributed by atoms with Gasteiger partial charge in [0.25, 0.3) is 0 Å². The molecule has 0 radical (unpaired) electrons. The highest BCUT2D eigenvalue weighted by molar-refractivity contribution is 5.93. The minimum absolute atomic E-state index is 0.250. The summed E-state index contributed by atoms with van der Waals surface area (Å²) in [5.41, 5.74) is 0.280. The molecule has 1 heterocycles. The Kier molecular flexibility index (Phi) is 3.94. The molecule has 1 saturated heterocycles. The van der Waals surface area contributed by atoms with Gasteiger partial charge in [-0.3, -0.25) is 9.59 Å². The summed E-state index contributed by atoms with van der Waals surface area (Å²) in [4.78, 5) is 23.6. The van der Waals surface area contributed by atoms with Crippen LogP contribution >= 0.6 is 0 Å². The van der Waals surface area contributed by atoms with Crippen LogP contribution in [-0.2, 0) is 9.59 Å². The summed E-state index contributed by atoms with van der Waals surface area (Å²) in [6, 6.07) is 0. The van der Waals surface area contributed by atoms with Gasteiger partial charge in [0.05, 0.1) is 0 Å². The Morgan fingerprint density at radius 2 is 1.75 bits per heavy atom. The van der Waals surface area contributed by atoms with Gasteiger partial charge >= 0.3 is 5.97 Å². The molecule has 16 heavy (non-hydrogen) atoms. The maximum atomic E-state index is 11.5. The van der Waals surface area contributed by atoms with Crippen molar-refractivity contribution in [3.63, 3.8) is 0 Å². The third-order valence-electron chi connectivity index (χ3n) is 3.37. The Labute approximate surface area is 96.6 Å². The van der Waals surface area contributed by atoms with Crippen LogP contribution in [0.15, 0.2) is 0 Å². The molecule has 0 aliphatic carbocycles. The van der Waals surface area contributed by atoms with E-state index in [2.05, 4.69) is 20.8 Å². The van der Waals surface area contributed by atoms with E-state index in [9.17, 15) is 9.59 Å². The van der Waals surface area contributed by atoms with Gasteiger partial charge in [0.15, 0.2) is 0 Å². The standard InChI is InChI=1S/C12H21NO3/c1-12(2,3)9-4-6-13(7-5-9)10(14)8-11(15)16/h9H,4-8H2,1-3H3,(H,15,16). The van der Waals surface area contributed by atoms with Gasteiger partial charge in [-0.25, -0.2) is 0 Å². The summed E-state index contributed by atoms with van der Waals surface area (Å²) in [5.74, 6) is -0.663. The topological polar surface area (TPSA) is 57.6 Å². The number of carbonyl (C=O) groups is 2. The Balaban J connectivity index is 2.43. The molecule has 1 aliphatic rings. The van der Waals surface area contributed by atoms with E-state index in [1.165, 1.54) is 0 Å². The molecule has 0 unspecified atom stereocenters. The lowest BCUT2D eigenvalue weighted by Crippen LogP contribution is -2.42. The molecule has 0 saturated carbocycles. The third kappa shape index (κ3) is 3.51. The number of likely N-dealkylation sites (tertiary alicyclic amines) is 1. The molecule has 0 aromatic carbocycles. The number of carboxylic acid groups (broad SMARTS) is 1. The average molecular weight is 227 g/mol. The van der Waals surface area contributed by atoms with E-state index in [1.54, 1.807) is 4.90 Å². The van der Waals surface area contributed by atoms with E-state index >= 15 is 0 Å². The molecular formula is C12H21NO3. The first-order valence-corrected chi connectivity index (χ1v) is 5.80. The highest BCUT2D eigenvalue weighted by atomic mass is 16.4. The van der Waals surface area contributed by atoms with Gasteiger partial charge in [-0.15, -0.1) is 0 Å². The second-order valence-corrected chi connectivity index (χ2v) is 5.59. The Morgan fingerprint density at radius 1 is 1.25 bits per heavy atom. The van der Waals surface area contributed by atoms with E-state index < -0.39 is 5.97 Å². The van der Waals surface area contributed by atoms with Gasteiger partial charge in [0, 0.05) is 13.1 Å². The molecule has 0 atom stereocenters. The van der Waals surface area contributed by atoms with Crippen LogP contribution in [-0.4, -0.2) is 35.0 Å². The van der Waals surface area contributed by atoms with E-state index in [4.69, 9.17) is 5.11 Å². The van der Waals surface area contributed by atoms with Crippen LogP contribution in [0, 0.1) is 11.3 Å². The molecule has 1 rings (SSSR count). The van der Waals surface area contributed by atoms with Crippen molar-refractivity contribution in [3.8, 4) is 0 Å². The number of nitrogens with zero attached hydrogens (tertiary/aromatic N) is 1. The van der Waals surface area contributed by atoms with Gasteiger partial charge in [-0.1, -0.05) is 20.8 Å². The molecule has 92 valence electrons. The highest BCUT2D eigenvalue weighted by Crippen LogP contribution is 2.34. The minimum atomic E-state index is -1.04. The fraction of sp³-hybridized carbons (Fsp3) is 0.833. The minimum Gasteiger partial charge on any atom is -0.481 e. The molecule has 0 spiro atoms. The molecule has 0 aromatic heterocycles. The number of carboxylic acids is 1. The molecule has 0 bridgehead atoms. The van der Waals surface area contributed by atoms with Crippen LogP contribution in [0.3, 0.4) is 0 Å². The average Bonchev–Trinajstić information content (AvgIpc) is 2.15. The third-order valence-corrected chi connectivity index (χ3v) is 3.37. The summed E-state index contributed by atoms with van der Waals surface area (Å²) < 4.78 is 0. The van der Waals surface area contributed by atoms with E-state index in [1.807, 2.05) is 0 Å². The second kappa shape index (κ2) is 4.85. The molecule has 1 amide bonds. The first-order valence-electron chi connectivity index (χ1n) is 5.80. The van der Waals surface area contributed by atoms with Crippen molar-refractivity contribution in [1.29, 1.82) is 0 Å². The summed E-state index contributed by atoms with van der Waals surface area (Å²) in [5, 5.41) is 8.55. The van der Waals surface area contributed by atoms with Crippen LogP contribution in [0.25, 0.3) is 0 Å². The number of piperidine rings is 1. The smallest absolute Gasteiger partial charge is 0.312 e. The molecule has 1 N–H and O–H groups in total. The van der Waals surface area contributed by atoms with Crippen molar-refractivity contribution in [2.45, 2.75) is 40.0 Å². The Bertz CT molecular complexity index is 272. The van der Waals surface area contributed by atoms with E-state index in [0.717, 1.165) is 12.8 Å². The zero-order chi connectivity index (χ0) is 12.3. The molecule has 4 nitrogen and oxygen atoms in total. The van der Waals surface area contributed by atoms with Gasteiger partial charge in [-0.2, -0.15) is 0 Å². The molecule has 4 heteroatoms. The Morgan fingerprint density at radius 3 is 2.12 bits per heavy atom. The quantitative estimate of drug-likeness (QED) is 0.731. The molecular weight excluding hydrogens is 206 g/mol.